The lowest BCUT2D eigenvalue weighted by Crippen LogP contribution is -2.35. The summed E-state index contributed by atoms with van der Waals surface area (Å²) in [7, 11) is 0. The second kappa shape index (κ2) is 7.72. The Morgan fingerprint density at radius 1 is 1.30 bits per heavy atom. The number of piperidine rings is 1. The summed E-state index contributed by atoms with van der Waals surface area (Å²) >= 11 is 11.7. The van der Waals surface area contributed by atoms with Crippen LogP contribution in [0.25, 0.3) is 0 Å². The molecule has 6 heteroatoms. The summed E-state index contributed by atoms with van der Waals surface area (Å²) in [5, 5.41) is 6.96. The van der Waals surface area contributed by atoms with E-state index in [1.807, 2.05) is 0 Å². The molecule has 1 atom stereocenters. The van der Waals surface area contributed by atoms with Crippen LogP contribution in [0.5, 0.6) is 0 Å². The average molecular weight is 317 g/mol. The number of rotatable bonds is 4. The average Bonchev–Trinajstić information content (AvgIpc) is 2.38. The molecule has 1 heterocycles. The van der Waals surface area contributed by atoms with Crippen molar-refractivity contribution >= 4 is 35.0 Å². The molecule has 0 bridgehead atoms. The van der Waals surface area contributed by atoms with E-state index in [4.69, 9.17) is 27.9 Å². The molecule has 0 spiro atoms. The maximum absolute atomic E-state index is 11.6. The summed E-state index contributed by atoms with van der Waals surface area (Å²) < 4.78 is 5.15. The van der Waals surface area contributed by atoms with Crippen LogP contribution >= 0.6 is 23.2 Å². The van der Waals surface area contributed by atoms with Crippen molar-refractivity contribution in [3.8, 4) is 0 Å². The second-order valence-electron chi connectivity index (χ2n) is 4.85. The molecule has 1 aliphatic rings. The van der Waals surface area contributed by atoms with Gasteiger partial charge in [0, 0.05) is 21.8 Å². The topological polar surface area (TPSA) is 50.4 Å². The molecular weight excluding hydrogens is 299 g/mol. The quantitative estimate of drug-likeness (QED) is 0.880. The Labute approximate surface area is 128 Å². The van der Waals surface area contributed by atoms with Gasteiger partial charge in [-0.05, 0) is 44.0 Å². The van der Waals surface area contributed by atoms with Gasteiger partial charge in [-0.3, -0.25) is 5.32 Å². The lowest BCUT2D eigenvalue weighted by atomic mass is 10.0. The van der Waals surface area contributed by atoms with E-state index in [-0.39, 0.29) is 0 Å². The third-order valence-electron chi connectivity index (χ3n) is 3.22. The van der Waals surface area contributed by atoms with Gasteiger partial charge in [-0.2, -0.15) is 0 Å². The molecule has 2 rings (SSSR count). The van der Waals surface area contributed by atoms with E-state index in [2.05, 4.69) is 10.6 Å². The molecule has 2 N–H and O–H groups in total. The number of halogens is 2. The van der Waals surface area contributed by atoms with E-state index in [1.165, 1.54) is 12.8 Å². The highest BCUT2D eigenvalue weighted by molar-refractivity contribution is 6.35. The van der Waals surface area contributed by atoms with Crippen LogP contribution in [0.2, 0.25) is 10.0 Å². The Balaban J connectivity index is 1.72. The van der Waals surface area contributed by atoms with Crippen molar-refractivity contribution in [3.63, 3.8) is 0 Å². The molecular formula is C14H18Cl2N2O2. The SMILES string of the molecule is O=C(Nc1cc(Cl)cc(Cl)c1)OCCC1CCCCN1. The fraction of sp³-hybridized carbons (Fsp3) is 0.500. The molecule has 0 saturated carbocycles. The minimum atomic E-state index is -0.487. The first-order valence-corrected chi connectivity index (χ1v) is 7.52. The molecule has 0 aliphatic carbocycles. The Kier molecular flexibility index (Phi) is 5.95. The summed E-state index contributed by atoms with van der Waals surface area (Å²) in [4.78, 5) is 11.6. The molecule has 1 aliphatic heterocycles. The molecule has 1 fully saturated rings. The summed E-state index contributed by atoms with van der Waals surface area (Å²) in [6.45, 7) is 1.45. The number of benzene rings is 1. The van der Waals surface area contributed by atoms with E-state index in [0.29, 0.717) is 28.4 Å². The third kappa shape index (κ3) is 5.19. The van der Waals surface area contributed by atoms with Crippen LogP contribution in [0.3, 0.4) is 0 Å². The van der Waals surface area contributed by atoms with Crippen molar-refractivity contribution in [1.29, 1.82) is 0 Å². The molecule has 1 saturated heterocycles. The number of amides is 1. The van der Waals surface area contributed by atoms with Crippen LogP contribution in [0.4, 0.5) is 10.5 Å². The number of nitrogens with one attached hydrogen (secondary N) is 2. The molecule has 1 unspecified atom stereocenters. The van der Waals surface area contributed by atoms with E-state index >= 15 is 0 Å². The van der Waals surface area contributed by atoms with Gasteiger partial charge in [-0.15, -0.1) is 0 Å². The maximum Gasteiger partial charge on any atom is 0.411 e. The first-order valence-electron chi connectivity index (χ1n) is 6.77. The van der Waals surface area contributed by atoms with Crippen molar-refractivity contribution < 1.29 is 9.53 Å². The zero-order valence-electron chi connectivity index (χ0n) is 11.1. The van der Waals surface area contributed by atoms with E-state index in [9.17, 15) is 4.79 Å². The zero-order chi connectivity index (χ0) is 14.4. The number of anilines is 1. The maximum atomic E-state index is 11.6. The molecule has 1 aromatic carbocycles. The highest BCUT2D eigenvalue weighted by Crippen LogP contribution is 2.22. The van der Waals surface area contributed by atoms with Gasteiger partial charge < -0.3 is 10.1 Å². The molecule has 20 heavy (non-hydrogen) atoms. The number of ether oxygens (including phenoxy) is 1. The van der Waals surface area contributed by atoms with E-state index in [1.54, 1.807) is 18.2 Å². The molecule has 1 aromatic rings. The summed E-state index contributed by atoms with van der Waals surface area (Å²) in [6.07, 6.45) is 3.97. The Bertz CT molecular complexity index is 442. The first kappa shape index (κ1) is 15.4. The van der Waals surface area contributed by atoms with Crippen molar-refractivity contribution in [1.82, 2.24) is 5.32 Å². The monoisotopic (exact) mass is 316 g/mol. The van der Waals surface area contributed by atoms with Crippen LogP contribution in [-0.2, 0) is 4.74 Å². The van der Waals surface area contributed by atoms with Gasteiger partial charge in [-0.1, -0.05) is 29.6 Å². The van der Waals surface area contributed by atoms with Gasteiger partial charge in [0.15, 0.2) is 0 Å². The molecule has 110 valence electrons. The third-order valence-corrected chi connectivity index (χ3v) is 3.66. The highest BCUT2D eigenvalue weighted by Gasteiger charge is 2.13. The van der Waals surface area contributed by atoms with Crippen LogP contribution in [-0.4, -0.2) is 25.3 Å². The molecule has 1 amide bonds. The largest absolute Gasteiger partial charge is 0.449 e. The minimum Gasteiger partial charge on any atom is -0.449 e. The Morgan fingerprint density at radius 2 is 2.05 bits per heavy atom. The normalized spacial score (nSPS) is 18.6. The van der Waals surface area contributed by atoms with Gasteiger partial charge in [0.25, 0.3) is 0 Å². The van der Waals surface area contributed by atoms with E-state index in [0.717, 1.165) is 19.4 Å². The molecule has 0 radical (unpaired) electrons. The summed E-state index contributed by atoms with van der Waals surface area (Å²) in [5.41, 5.74) is 0.531. The summed E-state index contributed by atoms with van der Waals surface area (Å²) in [5.74, 6) is 0. The Hall–Kier alpha value is -0.970. The van der Waals surface area contributed by atoms with Crippen LogP contribution in [0, 0.1) is 0 Å². The van der Waals surface area contributed by atoms with Crippen molar-refractivity contribution in [2.45, 2.75) is 31.7 Å². The fourth-order valence-electron chi connectivity index (χ4n) is 2.24. The Morgan fingerprint density at radius 3 is 2.70 bits per heavy atom. The van der Waals surface area contributed by atoms with E-state index < -0.39 is 6.09 Å². The predicted octanol–water partition coefficient (Wildman–Crippen LogP) is 4.07. The predicted molar refractivity (Wildman–Crippen MR) is 81.7 cm³/mol. The van der Waals surface area contributed by atoms with Gasteiger partial charge in [-0.25, -0.2) is 4.79 Å². The van der Waals surface area contributed by atoms with Gasteiger partial charge in [0.2, 0.25) is 0 Å². The second-order valence-corrected chi connectivity index (χ2v) is 5.73. The number of hydrogen-bond donors (Lipinski definition) is 2. The molecule has 0 aromatic heterocycles. The van der Waals surface area contributed by atoms with Crippen LogP contribution in [0.1, 0.15) is 25.7 Å². The minimum absolute atomic E-state index is 0.401. The van der Waals surface area contributed by atoms with Crippen LogP contribution < -0.4 is 10.6 Å². The van der Waals surface area contributed by atoms with Crippen molar-refractivity contribution in [3.05, 3.63) is 28.2 Å². The standard InChI is InChI=1S/C14H18Cl2N2O2/c15-10-7-11(16)9-13(8-10)18-14(19)20-6-4-12-3-1-2-5-17-12/h7-9,12,17H,1-6H2,(H,18,19). The van der Waals surface area contributed by atoms with Crippen molar-refractivity contribution in [2.24, 2.45) is 0 Å². The number of hydrogen-bond acceptors (Lipinski definition) is 3. The first-order chi connectivity index (χ1) is 9.63. The van der Waals surface area contributed by atoms with Gasteiger partial charge in [0.1, 0.15) is 0 Å². The molecule has 4 nitrogen and oxygen atoms in total. The van der Waals surface area contributed by atoms with Gasteiger partial charge in [0.05, 0.1) is 6.61 Å². The highest BCUT2D eigenvalue weighted by atomic mass is 35.5. The fourth-order valence-corrected chi connectivity index (χ4v) is 2.77. The lowest BCUT2D eigenvalue weighted by Gasteiger charge is -2.23. The van der Waals surface area contributed by atoms with Crippen molar-refractivity contribution in [2.75, 3.05) is 18.5 Å². The summed E-state index contributed by atoms with van der Waals surface area (Å²) in [6, 6.07) is 5.31. The van der Waals surface area contributed by atoms with Crippen LogP contribution in [0.15, 0.2) is 18.2 Å². The number of carbonyl (C=O) groups is 1. The van der Waals surface area contributed by atoms with Gasteiger partial charge >= 0.3 is 6.09 Å². The smallest absolute Gasteiger partial charge is 0.411 e. The zero-order valence-corrected chi connectivity index (χ0v) is 12.6. The lowest BCUT2D eigenvalue weighted by molar-refractivity contribution is 0.153. The number of carbonyl (C=O) groups excluding carboxylic acids is 1.